The van der Waals surface area contributed by atoms with Gasteiger partial charge in [-0.15, -0.1) is 0 Å². The van der Waals surface area contributed by atoms with E-state index in [-0.39, 0.29) is 37.4 Å². The van der Waals surface area contributed by atoms with Crippen LogP contribution in [0, 0.1) is 9.49 Å². The van der Waals surface area contributed by atoms with Crippen LogP contribution in [0.15, 0.2) is 23.8 Å². The zero-order valence-corrected chi connectivity index (χ0v) is 25.3. The summed E-state index contributed by atoms with van der Waals surface area (Å²) in [6.45, 7) is -0.0994. The first-order valence-electron chi connectivity index (χ1n) is 14.4. The monoisotopic (exact) mass is 668 g/mol. The number of aldehydes is 1. The summed E-state index contributed by atoms with van der Waals surface area (Å²) in [4.78, 5) is 40.2. The number of rotatable bonds is 12. The van der Waals surface area contributed by atoms with E-state index in [1.54, 1.807) is 18.2 Å². The lowest BCUT2D eigenvalue weighted by molar-refractivity contribution is -0.142. The smallest absolute Gasteiger partial charge is 0.247 e. The molecule has 3 aliphatic carbocycles. The van der Waals surface area contributed by atoms with Gasteiger partial charge >= 0.3 is 0 Å². The van der Waals surface area contributed by atoms with E-state index >= 15 is 0 Å². The quantitative estimate of drug-likeness (QED) is 0.229. The van der Waals surface area contributed by atoms with Gasteiger partial charge in [-0.3, -0.25) is 14.4 Å². The number of hydrogen-bond donors (Lipinski definition) is 3. The summed E-state index contributed by atoms with van der Waals surface area (Å²) in [5.74, 6) is 0.932. The highest BCUT2D eigenvalue weighted by Crippen LogP contribution is 2.38. The second-order valence-corrected chi connectivity index (χ2v) is 12.3. The molecule has 0 bridgehead atoms. The third kappa shape index (κ3) is 7.36. The molecule has 1 aromatic rings. The first-order chi connectivity index (χ1) is 19.4. The van der Waals surface area contributed by atoms with Crippen molar-refractivity contribution in [1.82, 2.24) is 10.2 Å². The van der Waals surface area contributed by atoms with Crippen LogP contribution in [0.3, 0.4) is 0 Å². The van der Waals surface area contributed by atoms with Crippen LogP contribution in [0.4, 0.5) is 0 Å². The van der Waals surface area contributed by atoms with Gasteiger partial charge in [-0.25, -0.2) is 0 Å². The van der Waals surface area contributed by atoms with Gasteiger partial charge in [-0.05, 0) is 66.0 Å². The number of aliphatic hydroxyl groups is 2. The van der Waals surface area contributed by atoms with Crippen molar-refractivity contribution in [2.75, 3.05) is 20.3 Å². The fraction of sp³-hybridized carbons (Fsp3) is 0.633. The van der Waals surface area contributed by atoms with E-state index in [1.165, 1.54) is 32.8 Å². The molecule has 2 saturated carbocycles. The van der Waals surface area contributed by atoms with Crippen molar-refractivity contribution >= 4 is 40.7 Å². The van der Waals surface area contributed by atoms with Crippen molar-refractivity contribution in [2.45, 2.75) is 94.9 Å². The van der Waals surface area contributed by atoms with E-state index < -0.39 is 18.2 Å². The number of benzene rings is 1. The average molecular weight is 669 g/mol. The highest BCUT2D eigenvalue weighted by Gasteiger charge is 2.43. The fourth-order valence-electron chi connectivity index (χ4n) is 6.40. The molecular weight excluding hydrogens is 627 g/mol. The van der Waals surface area contributed by atoms with Crippen LogP contribution in [-0.2, 0) is 9.59 Å². The number of hydrogen-bond acceptors (Lipinski definition) is 7. The Morgan fingerprint density at radius 2 is 1.85 bits per heavy atom. The second-order valence-electron chi connectivity index (χ2n) is 11.1. The Hall–Kier alpha value is -2.18. The molecule has 0 aliphatic heterocycles. The number of amides is 2. The van der Waals surface area contributed by atoms with E-state index in [2.05, 4.69) is 27.9 Å². The summed E-state index contributed by atoms with van der Waals surface area (Å²) in [7, 11) is 1.47. The molecule has 3 atom stereocenters. The van der Waals surface area contributed by atoms with Crippen molar-refractivity contribution in [3.63, 3.8) is 0 Å². The van der Waals surface area contributed by atoms with Crippen LogP contribution < -0.4 is 14.8 Å². The molecule has 0 radical (unpaired) electrons. The zero-order valence-electron chi connectivity index (χ0n) is 23.1. The molecule has 0 spiro atoms. The summed E-state index contributed by atoms with van der Waals surface area (Å²) in [5, 5.41) is 23.7. The first-order valence-corrected chi connectivity index (χ1v) is 15.5. The van der Waals surface area contributed by atoms with Gasteiger partial charge in [-0.1, -0.05) is 38.5 Å². The van der Waals surface area contributed by atoms with Crippen LogP contribution in [0.25, 0.3) is 0 Å². The molecule has 2 fully saturated rings. The van der Waals surface area contributed by atoms with E-state index in [4.69, 9.17) is 9.47 Å². The fourth-order valence-corrected chi connectivity index (χ4v) is 7.16. The van der Waals surface area contributed by atoms with Crippen LogP contribution >= 0.6 is 22.6 Å². The summed E-state index contributed by atoms with van der Waals surface area (Å²) in [6.07, 6.45) is 10.4. The Morgan fingerprint density at radius 1 is 1.15 bits per heavy atom. The van der Waals surface area contributed by atoms with Crippen LogP contribution in [0.2, 0.25) is 0 Å². The van der Waals surface area contributed by atoms with Crippen molar-refractivity contribution in [3.8, 4) is 11.5 Å². The van der Waals surface area contributed by atoms with Crippen molar-refractivity contribution in [3.05, 3.63) is 32.9 Å². The number of nitrogens with one attached hydrogen (secondary N) is 1. The van der Waals surface area contributed by atoms with E-state index in [9.17, 15) is 24.6 Å². The Kier molecular flexibility index (Phi) is 11.3. The van der Waals surface area contributed by atoms with Gasteiger partial charge in [0, 0.05) is 36.6 Å². The number of aliphatic hydroxyl groups excluding tert-OH is 2. The molecule has 4 rings (SSSR count). The number of nitrogens with zero attached hydrogens (tertiary/aromatic N) is 1. The highest BCUT2D eigenvalue weighted by atomic mass is 127. The van der Waals surface area contributed by atoms with E-state index in [1.807, 2.05) is 4.90 Å². The lowest BCUT2D eigenvalue weighted by Gasteiger charge is -2.43. The predicted octanol–water partition coefficient (Wildman–Crippen LogP) is 3.77. The summed E-state index contributed by atoms with van der Waals surface area (Å²) in [5.41, 5.74) is 0.828. The van der Waals surface area contributed by atoms with Crippen molar-refractivity contribution in [1.29, 1.82) is 0 Å². The molecule has 0 heterocycles. The van der Waals surface area contributed by atoms with Gasteiger partial charge in [0.1, 0.15) is 18.5 Å². The minimum Gasteiger partial charge on any atom is -0.493 e. The molecule has 2 amide bonds. The maximum atomic E-state index is 13.8. The molecule has 3 N–H and O–H groups in total. The third-order valence-corrected chi connectivity index (χ3v) is 9.26. The maximum Gasteiger partial charge on any atom is 0.247 e. The normalized spacial score (nSPS) is 23.5. The van der Waals surface area contributed by atoms with E-state index in [0.29, 0.717) is 38.5 Å². The van der Waals surface area contributed by atoms with Gasteiger partial charge < -0.3 is 29.9 Å². The predicted molar refractivity (Wildman–Crippen MR) is 158 cm³/mol. The number of methoxy groups -OCH3 is 1. The SMILES string of the molecule is COc1cc(C=O)cc(I)c1O[C@H]1C=C(C(=O)NCCO)C[C@@H](N(C(=O)CCC2CCCC2)C2CCCC2)[C@@H]1O. The molecular formula is C30H41IN2O7. The van der Waals surface area contributed by atoms with Gasteiger partial charge in [-0.2, -0.15) is 0 Å². The lowest BCUT2D eigenvalue weighted by atomic mass is 9.86. The van der Waals surface area contributed by atoms with Gasteiger partial charge in [0.25, 0.3) is 0 Å². The van der Waals surface area contributed by atoms with E-state index in [0.717, 1.165) is 38.4 Å². The Bertz CT molecular complexity index is 1080. The van der Waals surface area contributed by atoms with Crippen molar-refractivity contribution in [2.24, 2.45) is 5.92 Å². The molecule has 10 heteroatoms. The average Bonchev–Trinajstić information content (AvgIpc) is 3.68. The second kappa shape index (κ2) is 14.6. The van der Waals surface area contributed by atoms with Crippen LogP contribution in [0.1, 0.15) is 81.0 Å². The number of halogens is 1. The molecule has 0 unspecified atom stereocenters. The largest absolute Gasteiger partial charge is 0.493 e. The molecule has 40 heavy (non-hydrogen) atoms. The summed E-state index contributed by atoms with van der Waals surface area (Å²) in [6, 6.07) is 2.60. The van der Waals surface area contributed by atoms with Crippen LogP contribution in [0.5, 0.6) is 11.5 Å². The molecule has 1 aromatic carbocycles. The Morgan fingerprint density at radius 3 is 2.50 bits per heavy atom. The number of carbonyl (C=O) groups is 3. The highest BCUT2D eigenvalue weighted by molar-refractivity contribution is 14.1. The van der Waals surface area contributed by atoms with Crippen molar-refractivity contribution < 1.29 is 34.1 Å². The Balaban J connectivity index is 1.65. The third-order valence-electron chi connectivity index (χ3n) is 8.46. The van der Waals surface area contributed by atoms with Gasteiger partial charge in [0.2, 0.25) is 11.8 Å². The topological polar surface area (TPSA) is 125 Å². The standard InChI is InChI=1S/C30H41IN2O7/c1-39-26-15-20(18-35)14-23(31)29(26)40-25-17-21(30(38)32-12-13-34)16-24(28(25)37)33(22-8-4-5-9-22)27(36)11-10-19-6-2-3-7-19/h14-15,17-19,22,24-25,28,34,37H,2-13,16H2,1H3,(H,32,38)/t24-,25+,28+/m1/s1. The minimum absolute atomic E-state index is 0.0118. The van der Waals surface area contributed by atoms with Crippen LogP contribution in [-0.4, -0.2) is 77.8 Å². The molecule has 220 valence electrons. The number of ether oxygens (including phenoxy) is 2. The maximum absolute atomic E-state index is 13.8. The zero-order chi connectivity index (χ0) is 28.6. The summed E-state index contributed by atoms with van der Waals surface area (Å²) >= 11 is 2.05. The lowest BCUT2D eigenvalue weighted by Crippen LogP contribution is -2.57. The minimum atomic E-state index is -1.09. The first kappa shape index (κ1) is 30.8. The Labute approximate surface area is 249 Å². The molecule has 0 aromatic heterocycles. The molecule has 3 aliphatic rings. The molecule has 0 saturated heterocycles. The number of carbonyl (C=O) groups excluding carboxylic acids is 3. The summed E-state index contributed by atoms with van der Waals surface area (Å²) < 4.78 is 12.4. The van der Waals surface area contributed by atoms with Gasteiger partial charge in [0.05, 0.1) is 23.3 Å². The molecule has 9 nitrogen and oxygen atoms in total. The van der Waals surface area contributed by atoms with Gasteiger partial charge in [0.15, 0.2) is 11.5 Å².